The highest BCUT2D eigenvalue weighted by Crippen LogP contribution is 2.26. The molecule has 4 aromatic rings. The lowest BCUT2D eigenvalue weighted by Gasteiger charge is -2.04. The first-order valence-corrected chi connectivity index (χ1v) is 8.52. The zero-order valence-electron chi connectivity index (χ0n) is 14.0. The molecule has 2 N–H and O–H groups in total. The second kappa shape index (κ2) is 6.01. The predicted octanol–water partition coefficient (Wildman–Crippen LogP) is 2.90. The van der Waals surface area contributed by atoms with E-state index in [1.54, 1.807) is 6.20 Å². The lowest BCUT2D eigenvalue weighted by Crippen LogP contribution is -2.14. The highest BCUT2D eigenvalue weighted by atomic mass is 14.9. The van der Waals surface area contributed by atoms with Gasteiger partial charge in [0.1, 0.15) is 0 Å². The van der Waals surface area contributed by atoms with E-state index in [1.165, 1.54) is 0 Å². The van der Waals surface area contributed by atoms with Gasteiger partial charge in [0, 0.05) is 52.9 Å². The van der Waals surface area contributed by atoms with Crippen LogP contribution in [0.3, 0.4) is 0 Å². The number of benzene rings is 1. The Kier molecular flexibility index (Phi) is 3.39. The maximum atomic E-state index is 4.41. The summed E-state index contributed by atoms with van der Waals surface area (Å²) in [6, 6.07) is 20.8. The molecule has 4 heteroatoms. The van der Waals surface area contributed by atoms with Crippen LogP contribution in [0, 0.1) is 0 Å². The van der Waals surface area contributed by atoms with Gasteiger partial charge in [-0.3, -0.25) is 0 Å². The number of hydrogen-bond donors (Lipinski definition) is 2. The number of nitrogens with zero attached hydrogens (tertiary/aromatic N) is 2. The van der Waals surface area contributed by atoms with E-state index in [-0.39, 0.29) is 0 Å². The Hall–Kier alpha value is -3.66. The monoisotopic (exact) mass is 336 g/mol. The molecule has 0 aliphatic carbocycles. The Morgan fingerprint density at radius 2 is 1.50 bits per heavy atom. The van der Waals surface area contributed by atoms with Crippen LogP contribution >= 0.6 is 0 Å². The highest BCUT2D eigenvalue weighted by molar-refractivity contribution is 6.15. The molecule has 0 saturated carbocycles. The van der Waals surface area contributed by atoms with Crippen LogP contribution in [-0.4, -0.2) is 21.2 Å². The Morgan fingerprint density at radius 1 is 0.769 bits per heavy atom. The van der Waals surface area contributed by atoms with E-state index in [1.807, 2.05) is 36.8 Å². The van der Waals surface area contributed by atoms with Gasteiger partial charge in [-0.2, -0.15) is 0 Å². The third-order valence-corrected chi connectivity index (χ3v) is 4.61. The average Bonchev–Trinajstić information content (AvgIpc) is 3.45. The van der Waals surface area contributed by atoms with E-state index < -0.39 is 0 Å². The number of fused-ring (bicyclic) bond motifs is 1. The fourth-order valence-corrected chi connectivity index (χ4v) is 3.38. The van der Waals surface area contributed by atoms with Gasteiger partial charge < -0.3 is 9.97 Å². The van der Waals surface area contributed by atoms with Crippen molar-refractivity contribution in [3.63, 3.8) is 0 Å². The Balaban J connectivity index is 1.72. The molecule has 0 radical (unpaired) electrons. The van der Waals surface area contributed by atoms with Crippen LogP contribution in [0.4, 0.5) is 5.82 Å². The van der Waals surface area contributed by atoms with Gasteiger partial charge in [-0.25, -0.2) is 9.98 Å². The number of hydrogen-bond acceptors (Lipinski definition) is 2. The largest absolute Gasteiger partial charge is 0.361 e. The van der Waals surface area contributed by atoms with Crippen molar-refractivity contribution < 1.29 is 0 Å². The minimum Gasteiger partial charge on any atom is -0.361 e. The fraction of sp³-hybridized carbons (Fsp3) is 0. The third-order valence-electron chi connectivity index (χ3n) is 4.61. The van der Waals surface area contributed by atoms with Crippen molar-refractivity contribution in [3.8, 4) is 0 Å². The first kappa shape index (κ1) is 14.7. The first-order valence-electron chi connectivity index (χ1n) is 8.52. The lowest BCUT2D eigenvalue weighted by atomic mass is 10.0. The smallest absolute Gasteiger partial charge is 0.159 e. The molecule has 0 bridgehead atoms. The second-order valence-corrected chi connectivity index (χ2v) is 6.17. The molecule has 0 unspecified atom stereocenters. The number of nitrogens with one attached hydrogen (secondary N) is 2. The van der Waals surface area contributed by atoms with Gasteiger partial charge in [0.15, 0.2) is 5.82 Å². The third kappa shape index (κ3) is 2.40. The van der Waals surface area contributed by atoms with E-state index in [4.69, 9.17) is 0 Å². The van der Waals surface area contributed by atoms with Gasteiger partial charge in [-0.05, 0) is 46.8 Å². The number of aromatic nitrogens is 3. The van der Waals surface area contributed by atoms with Crippen molar-refractivity contribution in [1.82, 2.24) is 15.0 Å². The Morgan fingerprint density at radius 3 is 2.15 bits per heavy atom. The summed E-state index contributed by atoms with van der Waals surface area (Å²) < 4.78 is 0. The quantitative estimate of drug-likeness (QED) is 0.581. The molecule has 5 rings (SSSR count). The minimum absolute atomic E-state index is 0.789. The zero-order chi connectivity index (χ0) is 17.3. The summed E-state index contributed by atoms with van der Waals surface area (Å²) in [6.07, 6.45) is 7.56. The molecule has 1 aliphatic heterocycles. The van der Waals surface area contributed by atoms with Crippen LogP contribution < -0.4 is 10.4 Å². The van der Waals surface area contributed by atoms with Gasteiger partial charge in [0.05, 0.1) is 0 Å². The number of H-pyrrole nitrogens is 2. The summed E-state index contributed by atoms with van der Waals surface area (Å²) in [5.41, 5.74) is 5.52. The summed E-state index contributed by atoms with van der Waals surface area (Å²) in [5.74, 6) is 0.789. The zero-order valence-corrected chi connectivity index (χ0v) is 14.0. The van der Waals surface area contributed by atoms with Gasteiger partial charge in [-0.1, -0.05) is 24.3 Å². The SMILES string of the molecule is C1=Nc2ncccc2C1=c1ccc(=C(c2ccc[nH]2)c2ccc[nH]2)cc1. The van der Waals surface area contributed by atoms with Gasteiger partial charge in [0.25, 0.3) is 0 Å². The van der Waals surface area contributed by atoms with Gasteiger partial charge in [-0.15, -0.1) is 0 Å². The molecule has 0 amide bonds. The molecule has 0 fully saturated rings. The molecule has 0 spiro atoms. The minimum atomic E-state index is 0.789. The van der Waals surface area contributed by atoms with Crippen LogP contribution in [0.1, 0.15) is 17.0 Å². The number of aliphatic imine (C=N–C) groups is 1. The van der Waals surface area contributed by atoms with Crippen LogP contribution in [0.2, 0.25) is 0 Å². The average molecular weight is 336 g/mol. The Labute approximate surface area is 150 Å². The Bertz CT molecular complexity index is 1150. The first-order chi connectivity index (χ1) is 12.9. The summed E-state index contributed by atoms with van der Waals surface area (Å²) in [5, 5.41) is 2.29. The standard InChI is InChI=1S/C22H16N4/c1-4-17-18(14-26-22(17)25-13-1)15-7-9-16(10-8-15)21(19-5-2-11-23-19)20-6-3-12-24-20/h1-14,23-24H. The molecule has 26 heavy (non-hydrogen) atoms. The second-order valence-electron chi connectivity index (χ2n) is 6.17. The van der Waals surface area contributed by atoms with Crippen molar-refractivity contribution in [3.05, 3.63) is 107 Å². The normalized spacial score (nSPS) is 12.4. The van der Waals surface area contributed by atoms with E-state index >= 15 is 0 Å². The van der Waals surface area contributed by atoms with Gasteiger partial charge >= 0.3 is 0 Å². The molecule has 3 aromatic heterocycles. The van der Waals surface area contributed by atoms with E-state index in [0.717, 1.165) is 44.4 Å². The van der Waals surface area contributed by atoms with Crippen LogP contribution in [0.5, 0.6) is 0 Å². The molecular weight excluding hydrogens is 320 g/mol. The van der Waals surface area contributed by atoms with Crippen LogP contribution in [0.25, 0.3) is 11.1 Å². The summed E-state index contributed by atoms with van der Waals surface area (Å²) >= 11 is 0. The highest BCUT2D eigenvalue weighted by Gasteiger charge is 2.13. The van der Waals surface area contributed by atoms with Gasteiger partial charge in [0.2, 0.25) is 0 Å². The number of rotatable bonds is 2. The maximum Gasteiger partial charge on any atom is 0.159 e. The van der Waals surface area contributed by atoms with Crippen LogP contribution in [-0.2, 0) is 0 Å². The van der Waals surface area contributed by atoms with E-state index in [2.05, 4.69) is 62.4 Å². The number of pyridine rings is 1. The number of aromatic amines is 2. The van der Waals surface area contributed by atoms with E-state index in [0.29, 0.717) is 0 Å². The summed E-state index contributed by atoms with van der Waals surface area (Å²) in [7, 11) is 0. The maximum absolute atomic E-state index is 4.41. The molecule has 0 saturated heterocycles. The molecule has 4 heterocycles. The summed E-state index contributed by atoms with van der Waals surface area (Å²) in [6.45, 7) is 0. The van der Waals surface area contributed by atoms with Crippen molar-refractivity contribution in [2.45, 2.75) is 0 Å². The van der Waals surface area contributed by atoms with E-state index in [9.17, 15) is 0 Å². The molecule has 124 valence electrons. The predicted molar refractivity (Wildman–Crippen MR) is 104 cm³/mol. The fourth-order valence-electron chi connectivity index (χ4n) is 3.38. The molecule has 1 aliphatic rings. The van der Waals surface area contributed by atoms with Crippen molar-refractivity contribution in [1.29, 1.82) is 0 Å². The van der Waals surface area contributed by atoms with Crippen LogP contribution in [0.15, 0.2) is 84.2 Å². The van der Waals surface area contributed by atoms with Crippen molar-refractivity contribution >= 4 is 23.2 Å². The molecule has 0 atom stereocenters. The van der Waals surface area contributed by atoms with Crippen molar-refractivity contribution in [2.75, 3.05) is 0 Å². The lowest BCUT2D eigenvalue weighted by molar-refractivity contribution is 1.28. The molecule has 4 nitrogen and oxygen atoms in total. The topological polar surface area (TPSA) is 56.8 Å². The molecular formula is C22H16N4. The molecule has 1 aromatic carbocycles. The summed E-state index contributed by atoms with van der Waals surface area (Å²) in [4.78, 5) is 15.4. The van der Waals surface area contributed by atoms with Crippen molar-refractivity contribution in [2.24, 2.45) is 4.99 Å².